The highest BCUT2D eigenvalue weighted by atomic mass is 13.4. The summed E-state index contributed by atoms with van der Waals surface area (Å²) in [5.74, 6) is 2.06. The maximum atomic E-state index is 2.12. The Bertz CT molecular complexity index is 31.9. The zero-order valence-electron chi connectivity index (χ0n) is 3.86. The standard InChI is InChI=1S/C3H8B2/c4-2-1-3-5/h1-2H,3-5H2/b2-1-. The molecule has 0 aromatic rings. The third kappa shape index (κ3) is 3.87. The van der Waals surface area contributed by atoms with Crippen molar-refractivity contribution in [1.82, 2.24) is 0 Å². The lowest BCUT2D eigenvalue weighted by Gasteiger charge is -1.64. The minimum absolute atomic E-state index is 1.16. The highest BCUT2D eigenvalue weighted by Crippen LogP contribution is 1.67. The number of rotatable bonds is 1. The molecule has 0 N–H and O–H groups in total. The molecule has 0 aliphatic heterocycles. The van der Waals surface area contributed by atoms with Crippen molar-refractivity contribution < 1.29 is 0 Å². The van der Waals surface area contributed by atoms with Gasteiger partial charge in [-0.3, -0.25) is 0 Å². The molecular weight excluding hydrogens is 57.7 g/mol. The van der Waals surface area contributed by atoms with Gasteiger partial charge in [0, 0.05) is 0 Å². The van der Waals surface area contributed by atoms with Gasteiger partial charge in [0.1, 0.15) is 15.7 Å². The molecule has 0 spiro atoms. The average Bonchev–Trinajstić information content (AvgIpc) is 1.41. The van der Waals surface area contributed by atoms with Gasteiger partial charge in [-0.1, -0.05) is 6.32 Å². The molecule has 0 atom stereocenters. The van der Waals surface area contributed by atoms with Gasteiger partial charge in [-0.15, -0.1) is 12.1 Å². The second kappa shape index (κ2) is 3.87. The Morgan fingerprint density at radius 2 is 2.20 bits per heavy atom. The molecule has 0 saturated heterocycles. The second-order valence-corrected chi connectivity index (χ2v) is 0.977. The lowest BCUT2D eigenvalue weighted by atomic mass is 10.0. The Labute approximate surface area is 35.1 Å². The first kappa shape index (κ1) is 4.87. The fourth-order valence-electron chi connectivity index (χ4n) is 0.236. The highest BCUT2D eigenvalue weighted by molar-refractivity contribution is 6.18. The van der Waals surface area contributed by atoms with Crippen LogP contribution in [-0.2, 0) is 0 Å². The smallest absolute Gasteiger partial charge is 0.128 e. The zero-order chi connectivity index (χ0) is 4.12. The highest BCUT2D eigenvalue weighted by Gasteiger charge is 1.54. The molecular formula is C3H8B2. The minimum Gasteiger partial charge on any atom is -0.128 e. The van der Waals surface area contributed by atoms with Crippen molar-refractivity contribution in [3.05, 3.63) is 12.1 Å². The van der Waals surface area contributed by atoms with Gasteiger partial charge in [-0.25, -0.2) is 0 Å². The Hall–Kier alpha value is -0.130. The summed E-state index contributed by atoms with van der Waals surface area (Å²) in [6.45, 7) is 0. The molecule has 0 bridgehead atoms. The molecule has 0 saturated carbocycles. The van der Waals surface area contributed by atoms with E-state index in [0.717, 1.165) is 6.32 Å². The summed E-state index contributed by atoms with van der Waals surface area (Å²) in [4.78, 5) is 0. The molecule has 0 rings (SSSR count). The van der Waals surface area contributed by atoms with E-state index in [1.807, 2.05) is 7.85 Å². The predicted octanol–water partition coefficient (Wildman–Crippen LogP) is -0.815. The normalized spacial score (nSPS) is 9.60. The molecule has 0 nitrogen and oxygen atoms in total. The molecule has 0 radical (unpaired) electrons. The van der Waals surface area contributed by atoms with Crippen LogP contribution in [0.4, 0.5) is 0 Å². The summed E-state index contributed by atoms with van der Waals surface area (Å²) in [6, 6.07) is 0. The summed E-state index contributed by atoms with van der Waals surface area (Å²) in [5, 5.41) is 0. The maximum Gasteiger partial charge on any atom is 0.129 e. The van der Waals surface area contributed by atoms with E-state index in [1.165, 1.54) is 0 Å². The molecule has 0 unspecified atom stereocenters. The van der Waals surface area contributed by atoms with Crippen LogP contribution < -0.4 is 0 Å². The molecule has 0 fully saturated rings. The topological polar surface area (TPSA) is 0 Å². The van der Waals surface area contributed by atoms with Crippen LogP contribution in [0.3, 0.4) is 0 Å². The van der Waals surface area contributed by atoms with Gasteiger partial charge >= 0.3 is 0 Å². The van der Waals surface area contributed by atoms with Crippen LogP contribution in [0.5, 0.6) is 0 Å². The van der Waals surface area contributed by atoms with Crippen LogP contribution in [0.25, 0.3) is 0 Å². The van der Waals surface area contributed by atoms with Crippen molar-refractivity contribution in [2.24, 2.45) is 0 Å². The summed E-state index contributed by atoms with van der Waals surface area (Å²) in [7, 11) is 4.16. The Morgan fingerprint density at radius 1 is 1.60 bits per heavy atom. The van der Waals surface area contributed by atoms with E-state index in [-0.39, 0.29) is 0 Å². The van der Waals surface area contributed by atoms with E-state index in [2.05, 4.69) is 19.9 Å². The van der Waals surface area contributed by atoms with E-state index >= 15 is 0 Å². The number of hydrogen-bond acceptors (Lipinski definition) is 0. The largest absolute Gasteiger partial charge is 0.129 e. The van der Waals surface area contributed by atoms with Gasteiger partial charge in [-0.2, -0.15) is 0 Å². The van der Waals surface area contributed by atoms with E-state index in [4.69, 9.17) is 0 Å². The van der Waals surface area contributed by atoms with Crippen LogP contribution in [0.1, 0.15) is 0 Å². The molecule has 2 heteroatoms. The summed E-state index contributed by atoms with van der Waals surface area (Å²) < 4.78 is 0. The van der Waals surface area contributed by atoms with Crippen molar-refractivity contribution in [3.8, 4) is 0 Å². The van der Waals surface area contributed by atoms with Gasteiger partial charge in [0.15, 0.2) is 0 Å². The first-order chi connectivity index (χ1) is 2.41. The van der Waals surface area contributed by atoms with Crippen LogP contribution in [0.15, 0.2) is 12.1 Å². The van der Waals surface area contributed by atoms with Gasteiger partial charge in [-0.05, 0) is 0 Å². The Balaban J connectivity index is 2.62. The fourth-order valence-corrected chi connectivity index (χ4v) is 0.236. The SMILES string of the molecule is B/C=C\CB. The van der Waals surface area contributed by atoms with Crippen LogP contribution in [0, 0.1) is 0 Å². The molecule has 0 heterocycles. The van der Waals surface area contributed by atoms with Crippen molar-refractivity contribution in [3.63, 3.8) is 0 Å². The van der Waals surface area contributed by atoms with Crippen LogP contribution in [-0.4, -0.2) is 15.7 Å². The van der Waals surface area contributed by atoms with E-state index < -0.39 is 0 Å². The van der Waals surface area contributed by atoms with E-state index in [1.54, 1.807) is 0 Å². The van der Waals surface area contributed by atoms with E-state index in [0.29, 0.717) is 0 Å². The average molecular weight is 65.7 g/mol. The monoisotopic (exact) mass is 66.1 g/mol. The third-order valence-corrected chi connectivity index (χ3v) is 0.471. The molecule has 0 aromatic heterocycles. The first-order valence-electron chi connectivity index (χ1n) is 2.03. The maximum absolute atomic E-state index is 2.12. The molecule has 5 heavy (non-hydrogen) atoms. The molecule has 26 valence electrons. The van der Waals surface area contributed by atoms with Crippen molar-refractivity contribution in [2.45, 2.75) is 6.32 Å². The molecule has 0 amide bonds. The molecule has 0 aromatic carbocycles. The molecule has 0 aliphatic rings. The van der Waals surface area contributed by atoms with Crippen molar-refractivity contribution in [2.75, 3.05) is 0 Å². The predicted molar refractivity (Wildman–Crippen MR) is 31.0 cm³/mol. The lowest BCUT2D eigenvalue weighted by molar-refractivity contribution is 1.75. The fraction of sp³-hybridized carbons (Fsp3) is 0.333. The third-order valence-electron chi connectivity index (χ3n) is 0.471. The zero-order valence-corrected chi connectivity index (χ0v) is 3.86. The van der Waals surface area contributed by atoms with Crippen LogP contribution >= 0.6 is 0 Å². The second-order valence-electron chi connectivity index (χ2n) is 0.977. The van der Waals surface area contributed by atoms with Crippen molar-refractivity contribution in [1.29, 1.82) is 0 Å². The quantitative estimate of drug-likeness (QED) is 0.351. The van der Waals surface area contributed by atoms with Gasteiger partial charge in [0.25, 0.3) is 0 Å². The van der Waals surface area contributed by atoms with Crippen LogP contribution in [0.2, 0.25) is 6.32 Å². The van der Waals surface area contributed by atoms with E-state index in [9.17, 15) is 0 Å². The summed E-state index contributed by atoms with van der Waals surface area (Å²) in [5.41, 5.74) is 0. The van der Waals surface area contributed by atoms with Gasteiger partial charge in [0.2, 0.25) is 0 Å². The first-order valence-corrected chi connectivity index (χ1v) is 2.03. The number of hydrogen-bond donors (Lipinski definition) is 0. The number of allylic oxidation sites excluding steroid dienone is 1. The minimum atomic E-state index is 1.16. The van der Waals surface area contributed by atoms with Gasteiger partial charge in [0.05, 0.1) is 0 Å². The Kier molecular flexibility index (Phi) is 3.77. The van der Waals surface area contributed by atoms with Gasteiger partial charge < -0.3 is 0 Å². The summed E-state index contributed by atoms with van der Waals surface area (Å²) >= 11 is 0. The van der Waals surface area contributed by atoms with Crippen molar-refractivity contribution >= 4 is 15.7 Å². The molecule has 0 aliphatic carbocycles. The lowest BCUT2D eigenvalue weighted by Crippen LogP contribution is -1.55. The summed E-state index contributed by atoms with van der Waals surface area (Å²) in [6.07, 6.45) is 3.29. The Morgan fingerprint density at radius 3 is 2.20 bits per heavy atom.